The summed E-state index contributed by atoms with van der Waals surface area (Å²) in [6.07, 6.45) is 3.40. The van der Waals surface area contributed by atoms with Crippen molar-refractivity contribution in [2.24, 2.45) is 0 Å². The van der Waals surface area contributed by atoms with Crippen molar-refractivity contribution in [2.75, 3.05) is 21.1 Å². The van der Waals surface area contributed by atoms with E-state index in [1.54, 1.807) is 0 Å². The van der Waals surface area contributed by atoms with Gasteiger partial charge in [-0.2, -0.15) is 0 Å². The van der Waals surface area contributed by atoms with Crippen LogP contribution in [-0.4, -0.2) is 37.6 Å². The van der Waals surface area contributed by atoms with Crippen molar-refractivity contribution in [1.82, 2.24) is 10.2 Å². The highest BCUT2D eigenvalue weighted by Gasteiger charge is 2.36. The third-order valence-electron chi connectivity index (χ3n) is 5.12. The van der Waals surface area contributed by atoms with E-state index in [9.17, 15) is 0 Å². The van der Waals surface area contributed by atoms with Crippen molar-refractivity contribution in [1.29, 1.82) is 0 Å². The molecule has 114 valence electrons. The molecule has 20 heavy (non-hydrogen) atoms. The van der Waals surface area contributed by atoms with Crippen molar-refractivity contribution in [2.45, 2.75) is 58.5 Å². The van der Waals surface area contributed by atoms with Gasteiger partial charge in [-0.1, -0.05) is 32.0 Å². The SMILES string of the molecule is CCC(CC)(C(Cc1ccc(C)c(C)c1)NC)N(C)C. The highest BCUT2D eigenvalue weighted by molar-refractivity contribution is 5.30. The molecule has 0 aliphatic rings. The Hall–Kier alpha value is -0.860. The minimum absolute atomic E-state index is 0.216. The highest BCUT2D eigenvalue weighted by atomic mass is 15.2. The molecule has 2 nitrogen and oxygen atoms in total. The minimum atomic E-state index is 0.216. The van der Waals surface area contributed by atoms with E-state index < -0.39 is 0 Å². The lowest BCUT2D eigenvalue weighted by molar-refractivity contribution is 0.0917. The van der Waals surface area contributed by atoms with Gasteiger partial charge in [0.15, 0.2) is 0 Å². The summed E-state index contributed by atoms with van der Waals surface area (Å²) in [6, 6.07) is 7.32. The van der Waals surface area contributed by atoms with Crippen LogP contribution in [-0.2, 0) is 6.42 Å². The number of aryl methyl sites for hydroxylation is 2. The number of benzene rings is 1. The quantitative estimate of drug-likeness (QED) is 0.819. The van der Waals surface area contributed by atoms with Crippen LogP contribution in [0.5, 0.6) is 0 Å². The van der Waals surface area contributed by atoms with E-state index in [2.05, 4.69) is 77.3 Å². The van der Waals surface area contributed by atoms with Gasteiger partial charge < -0.3 is 10.2 Å². The van der Waals surface area contributed by atoms with E-state index in [0.29, 0.717) is 6.04 Å². The number of likely N-dealkylation sites (N-methyl/N-ethyl adjacent to an activating group) is 2. The van der Waals surface area contributed by atoms with E-state index in [-0.39, 0.29) is 5.54 Å². The molecule has 1 rings (SSSR count). The minimum Gasteiger partial charge on any atom is -0.315 e. The predicted octanol–water partition coefficient (Wildman–Crippen LogP) is 3.55. The molecule has 0 saturated heterocycles. The lowest BCUT2D eigenvalue weighted by Gasteiger charge is -2.45. The van der Waals surface area contributed by atoms with Gasteiger partial charge in [-0.25, -0.2) is 0 Å². The van der Waals surface area contributed by atoms with Crippen LogP contribution >= 0.6 is 0 Å². The van der Waals surface area contributed by atoms with Gasteiger partial charge in [-0.3, -0.25) is 0 Å². The Morgan fingerprint density at radius 2 is 1.70 bits per heavy atom. The molecule has 1 aromatic rings. The normalized spacial score (nSPS) is 13.8. The molecule has 0 radical (unpaired) electrons. The summed E-state index contributed by atoms with van der Waals surface area (Å²) in [6.45, 7) is 8.98. The molecule has 0 heterocycles. The van der Waals surface area contributed by atoms with Crippen LogP contribution in [0.3, 0.4) is 0 Å². The zero-order chi connectivity index (χ0) is 15.3. The van der Waals surface area contributed by atoms with E-state index in [4.69, 9.17) is 0 Å². The maximum atomic E-state index is 3.57. The second-order valence-corrected chi connectivity index (χ2v) is 6.17. The molecular formula is C18H32N2. The third-order valence-corrected chi connectivity index (χ3v) is 5.12. The fraction of sp³-hybridized carbons (Fsp3) is 0.667. The fourth-order valence-electron chi connectivity index (χ4n) is 3.41. The molecule has 0 aliphatic carbocycles. The number of nitrogens with zero attached hydrogens (tertiary/aromatic N) is 1. The first kappa shape index (κ1) is 17.2. The van der Waals surface area contributed by atoms with E-state index in [1.165, 1.54) is 16.7 Å². The van der Waals surface area contributed by atoms with Crippen molar-refractivity contribution in [3.05, 3.63) is 34.9 Å². The van der Waals surface area contributed by atoms with E-state index >= 15 is 0 Å². The smallest absolute Gasteiger partial charge is 0.0354 e. The molecule has 1 atom stereocenters. The Morgan fingerprint density at radius 3 is 2.10 bits per heavy atom. The summed E-state index contributed by atoms with van der Waals surface area (Å²) in [7, 11) is 6.50. The Morgan fingerprint density at radius 1 is 1.10 bits per heavy atom. The molecule has 0 spiro atoms. The Bertz CT molecular complexity index is 419. The van der Waals surface area contributed by atoms with Gasteiger partial charge in [0, 0.05) is 11.6 Å². The molecule has 0 fully saturated rings. The van der Waals surface area contributed by atoms with Crippen molar-refractivity contribution in [3.8, 4) is 0 Å². The van der Waals surface area contributed by atoms with Gasteiger partial charge in [0.25, 0.3) is 0 Å². The maximum Gasteiger partial charge on any atom is 0.0354 e. The second kappa shape index (κ2) is 7.24. The molecule has 0 bridgehead atoms. The molecule has 1 N–H and O–H groups in total. The monoisotopic (exact) mass is 276 g/mol. The molecule has 0 amide bonds. The largest absolute Gasteiger partial charge is 0.315 e. The van der Waals surface area contributed by atoms with Crippen molar-refractivity contribution < 1.29 is 0 Å². The zero-order valence-corrected chi connectivity index (χ0v) is 14.4. The van der Waals surface area contributed by atoms with Crippen LogP contribution in [0, 0.1) is 13.8 Å². The lowest BCUT2D eigenvalue weighted by Crippen LogP contribution is -2.58. The first-order valence-corrected chi connectivity index (χ1v) is 7.82. The van der Waals surface area contributed by atoms with Gasteiger partial charge >= 0.3 is 0 Å². The summed E-state index contributed by atoms with van der Waals surface area (Å²) < 4.78 is 0. The summed E-state index contributed by atoms with van der Waals surface area (Å²) in [4.78, 5) is 2.40. The Kier molecular flexibility index (Phi) is 6.22. The summed E-state index contributed by atoms with van der Waals surface area (Å²) >= 11 is 0. The lowest BCUT2D eigenvalue weighted by atomic mass is 9.80. The first-order valence-electron chi connectivity index (χ1n) is 7.82. The Balaban J connectivity index is 3.03. The first-order chi connectivity index (χ1) is 9.41. The molecule has 1 unspecified atom stereocenters. The van der Waals surface area contributed by atoms with Crippen LogP contribution in [0.15, 0.2) is 18.2 Å². The van der Waals surface area contributed by atoms with Gasteiger partial charge in [-0.15, -0.1) is 0 Å². The van der Waals surface area contributed by atoms with Crippen molar-refractivity contribution >= 4 is 0 Å². The van der Waals surface area contributed by atoms with Crippen molar-refractivity contribution in [3.63, 3.8) is 0 Å². The number of nitrogens with one attached hydrogen (secondary N) is 1. The van der Waals surface area contributed by atoms with Gasteiger partial charge in [0.2, 0.25) is 0 Å². The summed E-state index contributed by atoms with van der Waals surface area (Å²) in [5, 5.41) is 3.57. The molecule has 2 heteroatoms. The van der Waals surface area contributed by atoms with Gasteiger partial charge in [-0.05, 0) is 70.9 Å². The molecule has 0 saturated carbocycles. The fourth-order valence-corrected chi connectivity index (χ4v) is 3.41. The zero-order valence-electron chi connectivity index (χ0n) is 14.4. The maximum absolute atomic E-state index is 3.57. The number of hydrogen-bond donors (Lipinski definition) is 1. The molecule has 0 aromatic heterocycles. The number of rotatable bonds is 7. The predicted molar refractivity (Wildman–Crippen MR) is 89.5 cm³/mol. The second-order valence-electron chi connectivity index (χ2n) is 6.17. The van der Waals surface area contributed by atoms with Gasteiger partial charge in [0.05, 0.1) is 0 Å². The standard InChI is InChI=1S/C18H32N2/c1-8-18(9-2,20(6)7)17(19-5)13-16-11-10-14(3)15(4)12-16/h10-12,17,19H,8-9,13H2,1-7H3. The van der Waals surface area contributed by atoms with Crippen LogP contribution in [0.4, 0.5) is 0 Å². The van der Waals surface area contributed by atoms with Crippen LogP contribution in [0.1, 0.15) is 43.4 Å². The van der Waals surface area contributed by atoms with E-state index in [1.807, 2.05) is 0 Å². The number of hydrogen-bond acceptors (Lipinski definition) is 2. The average molecular weight is 276 g/mol. The van der Waals surface area contributed by atoms with Crippen LogP contribution < -0.4 is 5.32 Å². The third kappa shape index (κ3) is 3.42. The molecule has 1 aromatic carbocycles. The molecular weight excluding hydrogens is 244 g/mol. The highest BCUT2D eigenvalue weighted by Crippen LogP contribution is 2.28. The topological polar surface area (TPSA) is 15.3 Å². The van der Waals surface area contributed by atoms with Crippen LogP contribution in [0.2, 0.25) is 0 Å². The van der Waals surface area contributed by atoms with Gasteiger partial charge in [0.1, 0.15) is 0 Å². The molecule has 0 aliphatic heterocycles. The van der Waals surface area contributed by atoms with E-state index in [0.717, 1.165) is 19.3 Å². The van der Waals surface area contributed by atoms with Crippen LogP contribution in [0.25, 0.3) is 0 Å². The summed E-state index contributed by atoms with van der Waals surface area (Å²) in [5.74, 6) is 0. The summed E-state index contributed by atoms with van der Waals surface area (Å²) in [5.41, 5.74) is 4.41. The Labute approximate surface area is 125 Å². The average Bonchev–Trinajstić information content (AvgIpc) is 2.43.